The summed E-state index contributed by atoms with van der Waals surface area (Å²) in [5.41, 5.74) is 29.5. The Hall–Kier alpha value is -9.24. The number of hydrogen-bond acceptors (Lipinski definition) is 2. The smallest absolute Gasteiger partial charge is 0.0468 e. The van der Waals surface area contributed by atoms with Crippen LogP contribution in [0.1, 0.15) is 137 Å². The maximum atomic E-state index is 4.06. The van der Waals surface area contributed by atoms with E-state index in [0.29, 0.717) is 5.92 Å². The van der Waals surface area contributed by atoms with E-state index in [1.807, 2.05) is 6.08 Å². The van der Waals surface area contributed by atoms with Gasteiger partial charge in [0.15, 0.2) is 0 Å². The van der Waals surface area contributed by atoms with Crippen LogP contribution in [-0.2, 0) is 16.2 Å². The Morgan fingerprint density at radius 2 is 0.862 bits per heavy atom. The predicted molar refractivity (Wildman–Crippen MR) is 378 cm³/mol. The van der Waals surface area contributed by atoms with Crippen molar-refractivity contribution in [1.82, 2.24) is 0 Å². The van der Waals surface area contributed by atoms with E-state index in [9.17, 15) is 0 Å². The van der Waals surface area contributed by atoms with E-state index in [-0.39, 0.29) is 16.2 Å². The summed E-state index contributed by atoms with van der Waals surface area (Å²) >= 11 is 0. The van der Waals surface area contributed by atoms with E-state index in [1.165, 1.54) is 122 Å². The normalized spacial score (nSPS) is 13.8. The first-order chi connectivity index (χ1) is 41.9. The molecule has 0 spiro atoms. The second-order valence-electron chi connectivity index (χ2n) is 26.7. The summed E-state index contributed by atoms with van der Waals surface area (Å²) in [5, 5.41) is 4.80. The van der Waals surface area contributed by atoms with Gasteiger partial charge < -0.3 is 9.80 Å². The average Bonchev–Trinajstić information content (AvgIpc) is 1.71. The molecule has 2 heteroatoms. The number of para-hydroxylation sites is 2. The monoisotopic (exact) mass is 1130 g/mol. The highest BCUT2D eigenvalue weighted by Gasteiger charge is 2.39. The van der Waals surface area contributed by atoms with Gasteiger partial charge in [0.1, 0.15) is 0 Å². The molecule has 0 aliphatic heterocycles. The zero-order valence-electron chi connectivity index (χ0n) is 52.9. The van der Waals surface area contributed by atoms with Gasteiger partial charge in [-0.25, -0.2) is 0 Å². The maximum absolute atomic E-state index is 4.06. The topological polar surface area (TPSA) is 6.48 Å². The van der Waals surface area contributed by atoms with Crippen molar-refractivity contribution in [2.75, 3.05) is 9.80 Å². The number of fused-ring (bicyclic) bond motifs is 8. The Morgan fingerprint density at radius 1 is 0.437 bits per heavy atom. The highest BCUT2D eigenvalue weighted by molar-refractivity contribution is 6.23. The molecule has 2 aliphatic carbocycles. The standard InChI is InChI=1S/C85H80N2/c1-14-16-28-67-55(5)30-48-75-81(67)71-44-34-58(50-77(71)84(75,10)11)79-70-47-43-66(87(63-38-32-57(33-39-63)54(3)4)64-40-36-60(37-41-64)83(7,8)9)53-74(70)80(59-35-45-72-78(51-59)85(12,13)76-49-31-56(6)68(82(72)76)29-17-15-2)69-46-42-65(52-73(69)79)86(61-24-20-18-21-25-61)62-26-22-19-23-27-62/h14,16-54H,1,15H2,2-13H3/b28-16-,29-17-. The molecule has 0 radical (unpaired) electrons. The quantitative estimate of drug-likeness (QED) is 0.0839. The van der Waals surface area contributed by atoms with E-state index in [2.05, 4.69) is 330 Å². The molecule has 13 rings (SSSR count). The summed E-state index contributed by atoms with van der Waals surface area (Å²) in [4.78, 5) is 4.88. The second-order valence-corrected chi connectivity index (χ2v) is 26.7. The van der Waals surface area contributed by atoms with Gasteiger partial charge in [-0.2, -0.15) is 0 Å². The van der Waals surface area contributed by atoms with Gasteiger partial charge in [-0.05, 0) is 238 Å². The molecule has 0 N–H and O–H groups in total. The number of rotatable bonds is 13. The first-order valence-electron chi connectivity index (χ1n) is 31.4. The maximum Gasteiger partial charge on any atom is 0.0468 e. The van der Waals surface area contributed by atoms with Crippen molar-refractivity contribution in [3.05, 3.63) is 287 Å². The van der Waals surface area contributed by atoms with Crippen LogP contribution >= 0.6 is 0 Å². The fourth-order valence-electron chi connectivity index (χ4n) is 14.3. The molecule has 0 bridgehead atoms. The third-order valence-electron chi connectivity index (χ3n) is 19.1. The summed E-state index contributed by atoms with van der Waals surface area (Å²) in [7, 11) is 0. The largest absolute Gasteiger partial charge is 0.310 e. The molecule has 0 fully saturated rings. The minimum atomic E-state index is -0.264. The van der Waals surface area contributed by atoms with Crippen LogP contribution in [0.25, 0.3) is 78.2 Å². The minimum Gasteiger partial charge on any atom is -0.310 e. The summed E-state index contributed by atoms with van der Waals surface area (Å²) in [6.45, 7) is 31.9. The minimum absolute atomic E-state index is 0.00835. The Bertz CT molecular complexity index is 4520. The average molecular weight is 1130 g/mol. The third kappa shape index (κ3) is 9.66. The second kappa shape index (κ2) is 21.9. The Balaban J connectivity index is 1.15. The molecule has 0 amide bonds. The summed E-state index contributed by atoms with van der Waals surface area (Å²) in [6.07, 6.45) is 11.9. The molecule has 2 aliphatic rings. The molecule has 0 aromatic heterocycles. The van der Waals surface area contributed by atoms with E-state index in [0.717, 1.165) is 40.5 Å². The SMILES string of the molecule is C=C/C=C\c1c(C)ccc2c1-c1ccc(-c3c4ccc(N(c5ccc(C(C)C)cc5)c5ccc(C(C)(C)C)cc5)cc4c(-c4ccc5c(c4)C(C)(C)c4ccc(C)c(/C=C\CC)c4-5)c4ccc(N(c5ccccc5)c5ccccc5)cc34)cc1C2(C)C. The Morgan fingerprint density at radius 3 is 1.29 bits per heavy atom. The van der Waals surface area contributed by atoms with Gasteiger partial charge in [-0.15, -0.1) is 0 Å². The lowest BCUT2D eigenvalue weighted by atomic mass is 9.79. The number of anilines is 6. The van der Waals surface area contributed by atoms with Gasteiger partial charge in [0.05, 0.1) is 0 Å². The fourth-order valence-corrected chi connectivity index (χ4v) is 14.3. The van der Waals surface area contributed by atoms with Crippen molar-refractivity contribution >= 4 is 67.8 Å². The number of benzene rings is 11. The van der Waals surface area contributed by atoms with E-state index in [4.69, 9.17) is 0 Å². The number of nitrogens with zero attached hydrogens (tertiary/aromatic N) is 2. The van der Waals surface area contributed by atoms with Gasteiger partial charge in [0, 0.05) is 45.0 Å². The van der Waals surface area contributed by atoms with E-state index in [1.54, 1.807) is 0 Å². The number of aryl methyl sites for hydroxylation is 2. The molecule has 0 unspecified atom stereocenters. The molecular formula is C85H80N2. The van der Waals surface area contributed by atoms with Crippen molar-refractivity contribution < 1.29 is 0 Å². The third-order valence-corrected chi connectivity index (χ3v) is 19.1. The molecule has 11 aromatic carbocycles. The van der Waals surface area contributed by atoms with Crippen LogP contribution in [0.3, 0.4) is 0 Å². The fraction of sp³-hybridized carbons (Fsp3) is 0.200. The number of allylic oxidation sites excluding steroid dienone is 3. The zero-order valence-corrected chi connectivity index (χ0v) is 52.9. The summed E-state index contributed by atoms with van der Waals surface area (Å²) in [5.74, 6) is 0.411. The van der Waals surface area contributed by atoms with Crippen LogP contribution in [0.15, 0.2) is 231 Å². The van der Waals surface area contributed by atoms with Crippen LogP contribution in [0.4, 0.5) is 34.1 Å². The van der Waals surface area contributed by atoms with Crippen molar-refractivity contribution in [2.45, 2.75) is 112 Å². The molecule has 0 heterocycles. The lowest BCUT2D eigenvalue weighted by Crippen LogP contribution is -2.15. The summed E-state index contributed by atoms with van der Waals surface area (Å²) < 4.78 is 0. The number of hydrogen-bond donors (Lipinski definition) is 0. The van der Waals surface area contributed by atoms with Crippen molar-refractivity contribution in [2.24, 2.45) is 0 Å². The van der Waals surface area contributed by atoms with Gasteiger partial charge >= 0.3 is 0 Å². The molecule has 2 nitrogen and oxygen atoms in total. The lowest BCUT2D eigenvalue weighted by molar-refractivity contribution is 0.590. The van der Waals surface area contributed by atoms with Crippen molar-refractivity contribution in [3.63, 3.8) is 0 Å². The Kier molecular flexibility index (Phi) is 14.3. The van der Waals surface area contributed by atoms with Gasteiger partial charge in [-0.3, -0.25) is 0 Å². The molecule has 87 heavy (non-hydrogen) atoms. The Labute approximate surface area is 517 Å². The summed E-state index contributed by atoms with van der Waals surface area (Å²) in [6, 6.07) is 78.9. The lowest BCUT2D eigenvalue weighted by Gasteiger charge is -2.29. The molecular weight excluding hydrogens is 1050 g/mol. The van der Waals surface area contributed by atoms with E-state index >= 15 is 0 Å². The van der Waals surface area contributed by atoms with E-state index < -0.39 is 0 Å². The highest BCUT2D eigenvalue weighted by atomic mass is 15.1. The van der Waals surface area contributed by atoms with Crippen LogP contribution in [0.2, 0.25) is 0 Å². The molecule has 11 aromatic rings. The van der Waals surface area contributed by atoms with Crippen LogP contribution in [0.5, 0.6) is 0 Å². The van der Waals surface area contributed by atoms with Gasteiger partial charge in [0.25, 0.3) is 0 Å². The van der Waals surface area contributed by atoms with Crippen LogP contribution in [-0.4, -0.2) is 0 Å². The molecule has 0 saturated heterocycles. The van der Waals surface area contributed by atoms with Crippen molar-refractivity contribution in [3.8, 4) is 44.5 Å². The molecule has 0 atom stereocenters. The molecule has 430 valence electrons. The first-order valence-corrected chi connectivity index (χ1v) is 31.4. The molecule has 0 saturated carbocycles. The zero-order chi connectivity index (χ0) is 60.7. The predicted octanol–water partition coefficient (Wildman–Crippen LogP) is 24.5. The van der Waals surface area contributed by atoms with Gasteiger partial charge in [0.2, 0.25) is 0 Å². The highest BCUT2D eigenvalue weighted by Crippen LogP contribution is 2.56. The van der Waals surface area contributed by atoms with Crippen LogP contribution in [0, 0.1) is 13.8 Å². The van der Waals surface area contributed by atoms with Crippen molar-refractivity contribution in [1.29, 1.82) is 0 Å². The van der Waals surface area contributed by atoms with Gasteiger partial charge in [-0.1, -0.05) is 228 Å². The van der Waals surface area contributed by atoms with Crippen LogP contribution < -0.4 is 9.80 Å². The first kappa shape index (κ1) is 56.9.